The van der Waals surface area contributed by atoms with Crippen LogP contribution < -0.4 is 4.90 Å². The van der Waals surface area contributed by atoms with Crippen molar-refractivity contribution in [2.24, 2.45) is 0 Å². The lowest BCUT2D eigenvalue weighted by atomic mass is 10.1. The number of nitrogens with zero attached hydrogens (tertiary/aromatic N) is 1. The van der Waals surface area contributed by atoms with E-state index in [-0.39, 0.29) is 5.91 Å². The van der Waals surface area contributed by atoms with E-state index >= 15 is 0 Å². The van der Waals surface area contributed by atoms with Gasteiger partial charge in [-0.3, -0.25) is 4.79 Å². The van der Waals surface area contributed by atoms with Crippen molar-refractivity contribution in [3.63, 3.8) is 0 Å². The van der Waals surface area contributed by atoms with Crippen LogP contribution in [0.15, 0.2) is 60.7 Å². The van der Waals surface area contributed by atoms with E-state index < -0.39 is 0 Å². The summed E-state index contributed by atoms with van der Waals surface area (Å²) in [5.41, 5.74) is 3.14. The summed E-state index contributed by atoms with van der Waals surface area (Å²) in [7, 11) is 0. The normalized spacial score (nSPS) is 15.8. The number of piperazine rings is 1. The lowest BCUT2D eigenvalue weighted by Gasteiger charge is -2.32. The van der Waals surface area contributed by atoms with Gasteiger partial charge in [0.05, 0.1) is 32.7 Å². The van der Waals surface area contributed by atoms with E-state index in [1.807, 2.05) is 42.2 Å². The van der Waals surface area contributed by atoms with Gasteiger partial charge in [-0.15, -0.1) is 0 Å². The molecule has 0 bridgehead atoms. The van der Waals surface area contributed by atoms with Crippen LogP contribution in [0.3, 0.4) is 0 Å². The first-order valence-corrected chi connectivity index (χ1v) is 8.64. The molecular weight excluding hydrogens is 296 g/mol. The summed E-state index contributed by atoms with van der Waals surface area (Å²) in [6.07, 6.45) is 4.42. The van der Waals surface area contributed by atoms with E-state index in [2.05, 4.69) is 36.4 Å². The minimum atomic E-state index is 0.173. The van der Waals surface area contributed by atoms with Crippen molar-refractivity contribution in [3.05, 3.63) is 77.4 Å². The zero-order chi connectivity index (χ0) is 16.8. The fraction of sp³-hybridized carbons (Fsp3) is 0.286. The van der Waals surface area contributed by atoms with Crippen LogP contribution in [0.4, 0.5) is 0 Å². The standard InChI is InChI=1S/C21H24N2O/c1-18-8-5-6-12-20(18)21(24)23-16-14-22(15-17-23)13-7-11-19-9-3-2-4-10-19/h2-12H,13-17H2,1H3/p+1/b11-7+. The maximum atomic E-state index is 12.6. The Morgan fingerprint density at radius 3 is 2.42 bits per heavy atom. The van der Waals surface area contributed by atoms with Crippen molar-refractivity contribution in [2.75, 3.05) is 32.7 Å². The van der Waals surface area contributed by atoms with Gasteiger partial charge in [-0.1, -0.05) is 54.6 Å². The van der Waals surface area contributed by atoms with Crippen LogP contribution in [-0.4, -0.2) is 43.5 Å². The minimum Gasteiger partial charge on any atom is -0.329 e. The molecule has 124 valence electrons. The van der Waals surface area contributed by atoms with Crippen LogP contribution in [-0.2, 0) is 0 Å². The molecule has 24 heavy (non-hydrogen) atoms. The largest absolute Gasteiger partial charge is 0.329 e. The number of rotatable bonds is 4. The van der Waals surface area contributed by atoms with E-state index in [4.69, 9.17) is 0 Å². The molecule has 0 saturated carbocycles. The third-order valence-electron chi connectivity index (χ3n) is 4.65. The molecule has 3 heteroatoms. The number of nitrogens with one attached hydrogen (secondary N) is 1. The van der Waals surface area contributed by atoms with E-state index in [0.717, 1.165) is 43.9 Å². The zero-order valence-electron chi connectivity index (χ0n) is 14.2. The molecule has 1 aliphatic heterocycles. The van der Waals surface area contributed by atoms with Gasteiger partial charge in [0.2, 0.25) is 0 Å². The molecule has 3 nitrogen and oxygen atoms in total. The summed E-state index contributed by atoms with van der Waals surface area (Å²) in [5, 5.41) is 0. The molecule has 0 unspecified atom stereocenters. The Labute approximate surface area is 144 Å². The Morgan fingerprint density at radius 2 is 1.71 bits per heavy atom. The van der Waals surface area contributed by atoms with Gasteiger partial charge in [0, 0.05) is 5.56 Å². The van der Waals surface area contributed by atoms with Gasteiger partial charge < -0.3 is 9.80 Å². The van der Waals surface area contributed by atoms with E-state index in [1.54, 1.807) is 0 Å². The summed E-state index contributed by atoms with van der Waals surface area (Å²) in [4.78, 5) is 16.2. The number of hydrogen-bond acceptors (Lipinski definition) is 1. The fourth-order valence-corrected chi connectivity index (χ4v) is 3.14. The van der Waals surface area contributed by atoms with Crippen molar-refractivity contribution < 1.29 is 9.69 Å². The van der Waals surface area contributed by atoms with Crippen LogP contribution in [0.1, 0.15) is 21.5 Å². The van der Waals surface area contributed by atoms with E-state index in [1.165, 1.54) is 10.5 Å². The predicted molar refractivity (Wildman–Crippen MR) is 98.1 cm³/mol. The molecule has 3 rings (SSSR count). The molecule has 0 aliphatic carbocycles. The number of amides is 1. The van der Waals surface area contributed by atoms with E-state index in [9.17, 15) is 4.79 Å². The van der Waals surface area contributed by atoms with Crippen molar-refractivity contribution in [2.45, 2.75) is 6.92 Å². The lowest BCUT2D eigenvalue weighted by Crippen LogP contribution is -3.14. The first-order valence-electron chi connectivity index (χ1n) is 8.64. The first-order chi connectivity index (χ1) is 11.7. The van der Waals surface area contributed by atoms with Gasteiger partial charge in [-0.05, 0) is 30.2 Å². The molecule has 0 radical (unpaired) electrons. The summed E-state index contributed by atoms with van der Waals surface area (Å²) in [6, 6.07) is 18.2. The summed E-state index contributed by atoms with van der Waals surface area (Å²) < 4.78 is 0. The number of quaternary nitrogens is 1. The Hall–Kier alpha value is -2.39. The molecule has 0 atom stereocenters. The van der Waals surface area contributed by atoms with E-state index in [0.29, 0.717) is 0 Å². The number of hydrogen-bond donors (Lipinski definition) is 1. The summed E-state index contributed by atoms with van der Waals surface area (Å²) in [5.74, 6) is 0.173. The van der Waals surface area contributed by atoms with Crippen molar-refractivity contribution >= 4 is 12.0 Å². The monoisotopic (exact) mass is 321 g/mol. The van der Waals surface area contributed by atoms with Crippen molar-refractivity contribution in [1.82, 2.24) is 4.90 Å². The topological polar surface area (TPSA) is 24.8 Å². The summed E-state index contributed by atoms with van der Waals surface area (Å²) in [6.45, 7) is 6.71. The highest BCUT2D eigenvalue weighted by Gasteiger charge is 2.24. The Kier molecular flexibility index (Phi) is 5.44. The smallest absolute Gasteiger partial charge is 0.254 e. The first kappa shape index (κ1) is 16.5. The average Bonchev–Trinajstić information content (AvgIpc) is 2.63. The Balaban J connectivity index is 1.50. The SMILES string of the molecule is Cc1ccccc1C(=O)N1CC[NH+](C/C=C/c2ccccc2)CC1. The quantitative estimate of drug-likeness (QED) is 0.916. The minimum absolute atomic E-state index is 0.173. The predicted octanol–water partition coefficient (Wildman–Crippen LogP) is 2.05. The number of benzene rings is 2. The lowest BCUT2D eigenvalue weighted by molar-refractivity contribution is -0.898. The highest BCUT2D eigenvalue weighted by atomic mass is 16.2. The Morgan fingerprint density at radius 1 is 1.04 bits per heavy atom. The van der Waals surface area contributed by atoms with Crippen LogP contribution in [0, 0.1) is 6.92 Å². The van der Waals surface area contributed by atoms with Crippen molar-refractivity contribution in [3.8, 4) is 0 Å². The maximum absolute atomic E-state index is 12.6. The molecule has 1 heterocycles. The second-order valence-electron chi connectivity index (χ2n) is 6.37. The third kappa shape index (κ3) is 4.12. The van der Waals surface area contributed by atoms with Gasteiger partial charge in [0.1, 0.15) is 0 Å². The highest BCUT2D eigenvalue weighted by Crippen LogP contribution is 2.10. The number of carbonyl (C=O) groups excluding carboxylic acids is 1. The van der Waals surface area contributed by atoms with Crippen LogP contribution in [0.5, 0.6) is 0 Å². The fourth-order valence-electron chi connectivity index (χ4n) is 3.14. The Bertz CT molecular complexity index is 701. The van der Waals surface area contributed by atoms with Gasteiger partial charge >= 0.3 is 0 Å². The molecule has 2 aromatic carbocycles. The molecular formula is C21H25N2O+. The molecule has 1 fully saturated rings. The summed E-state index contributed by atoms with van der Waals surface area (Å²) >= 11 is 0. The highest BCUT2D eigenvalue weighted by molar-refractivity contribution is 5.95. The van der Waals surface area contributed by atoms with Gasteiger partial charge in [0.15, 0.2) is 0 Å². The maximum Gasteiger partial charge on any atom is 0.254 e. The average molecular weight is 321 g/mol. The van der Waals surface area contributed by atoms with Gasteiger partial charge in [-0.2, -0.15) is 0 Å². The molecule has 0 aromatic heterocycles. The zero-order valence-corrected chi connectivity index (χ0v) is 14.2. The molecule has 1 aliphatic rings. The van der Waals surface area contributed by atoms with Crippen LogP contribution in [0.2, 0.25) is 0 Å². The number of aryl methyl sites for hydroxylation is 1. The molecule has 2 aromatic rings. The van der Waals surface area contributed by atoms with Gasteiger partial charge in [0.25, 0.3) is 5.91 Å². The van der Waals surface area contributed by atoms with Crippen LogP contribution in [0.25, 0.3) is 6.08 Å². The second-order valence-corrected chi connectivity index (χ2v) is 6.37. The molecule has 1 N–H and O–H groups in total. The van der Waals surface area contributed by atoms with Crippen LogP contribution >= 0.6 is 0 Å². The molecule has 0 spiro atoms. The van der Waals surface area contributed by atoms with Gasteiger partial charge in [-0.25, -0.2) is 0 Å². The van der Waals surface area contributed by atoms with Crippen molar-refractivity contribution in [1.29, 1.82) is 0 Å². The molecule has 1 saturated heterocycles. The number of carbonyl (C=O) groups is 1. The second kappa shape index (κ2) is 7.93. The molecule has 1 amide bonds. The third-order valence-corrected chi connectivity index (χ3v) is 4.65.